The average Bonchev–Trinajstić information content (AvgIpc) is 2.26. The van der Waals surface area contributed by atoms with E-state index in [9.17, 15) is 9.59 Å². The van der Waals surface area contributed by atoms with Crippen LogP contribution in [0.1, 0.15) is 15.9 Å². The molecule has 0 unspecified atom stereocenters. The molecule has 1 rings (SSSR count). The fraction of sp³-hybridized carbons (Fsp3) is 0.167. The third-order valence-corrected chi connectivity index (χ3v) is 1.93. The third kappa shape index (κ3) is 3.38. The van der Waals surface area contributed by atoms with Crippen LogP contribution in [-0.4, -0.2) is 31.2 Å². The van der Waals surface area contributed by atoms with E-state index < -0.39 is 0 Å². The van der Waals surface area contributed by atoms with Gasteiger partial charge in [-0.2, -0.15) is 0 Å². The second kappa shape index (κ2) is 5.10. The van der Waals surface area contributed by atoms with Crippen molar-refractivity contribution in [1.29, 1.82) is 0 Å². The number of aldehydes is 1. The van der Waals surface area contributed by atoms with E-state index in [0.717, 1.165) is 11.8 Å². The highest BCUT2D eigenvalue weighted by molar-refractivity contribution is 5.91. The highest BCUT2D eigenvalue weighted by Gasteiger charge is 1.96. The van der Waals surface area contributed by atoms with Crippen molar-refractivity contribution < 1.29 is 9.59 Å². The van der Waals surface area contributed by atoms with Gasteiger partial charge in [-0.25, -0.2) is 0 Å². The van der Waals surface area contributed by atoms with E-state index in [0.29, 0.717) is 5.56 Å². The molecule has 0 atom stereocenters. The molecular formula is C12H13NO2. The zero-order valence-corrected chi connectivity index (χ0v) is 8.81. The van der Waals surface area contributed by atoms with Crippen LogP contribution in [0, 0.1) is 0 Å². The van der Waals surface area contributed by atoms with Crippen molar-refractivity contribution >= 4 is 18.3 Å². The molecule has 0 heterocycles. The maximum absolute atomic E-state index is 11.2. The number of benzene rings is 1. The Morgan fingerprint density at radius 1 is 1.13 bits per heavy atom. The van der Waals surface area contributed by atoms with Crippen molar-refractivity contribution in [3.05, 3.63) is 41.5 Å². The molecule has 0 spiro atoms. The number of nitrogens with zero attached hydrogens (tertiary/aromatic N) is 1. The van der Waals surface area contributed by atoms with Gasteiger partial charge >= 0.3 is 0 Å². The summed E-state index contributed by atoms with van der Waals surface area (Å²) in [7, 11) is 3.39. The quantitative estimate of drug-likeness (QED) is 0.552. The van der Waals surface area contributed by atoms with Gasteiger partial charge in [0.05, 0.1) is 0 Å². The van der Waals surface area contributed by atoms with Crippen LogP contribution in [-0.2, 0) is 4.79 Å². The minimum Gasteiger partial charge on any atom is -0.345 e. The monoisotopic (exact) mass is 203 g/mol. The summed E-state index contributed by atoms with van der Waals surface area (Å²) in [6, 6.07) is 7.02. The largest absolute Gasteiger partial charge is 0.345 e. The van der Waals surface area contributed by atoms with E-state index in [1.165, 1.54) is 11.0 Å². The predicted molar refractivity (Wildman–Crippen MR) is 59.6 cm³/mol. The number of carbonyl (C=O) groups is 2. The van der Waals surface area contributed by atoms with Crippen LogP contribution in [0.3, 0.4) is 0 Å². The summed E-state index contributed by atoms with van der Waals surface area (Å²) in [4.78, 5) is 23.1. The van der Waals surface area contributed by atoms with Crippen LogP contribution in [0.2, 0.25) is 0 Å². The normalized spacial score (nSPS) is 10.3. The van der Waals surface area contributed by atoms with E-state index in [1.807, 2.05) is 0 Å². The lowest BCUT2D eigenvalue weighted by Crippen LogP contribution is -2.18. The smallest absolute Gasteiger partial charge is 0.246 e. The molecule has 0 fully saturated rings. The van der Waals surface area contributed by atoms with Crippen LogP contribution in [0.15, 0.2) is 30.3 Å². The molecule has 3 nitrogen and oxygen atoms in total. The molecule has 0 aromatic heterocycles. The zero-order valence-electron chi connectivity index (χ0n) is 8.81. The van der Waals surface area contributed by atoms with Crippen LogP contribution < -0.4 is 0 Å². The van der Waals surface area contributed by atoms with Crippen molar-refractivity contribution in [2.24, 2.45) is 0 Å². The van der Waals surface area contributed by atoms with Crippen LogP contribution >= 0.6 is 0 Å². The lowest BCUT2D eigenvalue weighted by atomic mass is 10.1. The summed E-state index contributed by atoms with van der Waals surface area (Å²) >= 11 is 0. The van der Waals surface area contributed by atoms with Gasteiger partial charge in [0.1, 0.15) is 6.29 Å². The summed E-state index contributed by atoms with van der Waals surface area (Å²) in [6.45, 7) is 0. The van der Waals surface area contributed by atoms with Crippen molar-refractivity contribution in [2.45, 2.75) is 0 Å². The van der Waals surface area contributed by atoms with Crippen LogP contribution in [0.5, 0.6) is 0 Å². The van der Waals surface area contributed by atoms with Gasteiger partial charge < -0.3 is 4.90 Å². The summed E-state index contributed by atoms with van der Waals surface area (Å²) in [5.74, 6) is -0.0607. The highest BCUT2D eigenvalue weighted by atomic mass is 16.2. The molecule has 0 bridgehead atoms. The molecule has 0 aliphatic heterocycles. The Bertz CT molecular complexity index is 377. The Kier molecular flexibility index (Phi) is 3.80. The Balaban J connectivity index is 2.73. The van der Waals surface area contributed by atoms with Crippen molar-refractivity contribution in [2.75, 3.05) is 14.1 Å². The SMILES string of the molecule is CN(C)C(=O)/C=C/c1ccc(C=O)cc1. The molecule has 0 saturated heterocycles. The van der Waals surface area contributed by atoms with Crippen molar-refractivity contribution in [3.63, 3.8) is 0 Å². The van der Waals surface area contributed by atoms with Gasteiger partial charge in [0.15, 0.2) is 0 Å². The molecule has 78 valence electrons. The standard InChI is InChI=1S/C12H13NO2/c1-13(2)12(15)8-7-10-3-5-11(9-14)6-4-10/h3-9H,1-2H3/b8-7+. The summed E-state index contributed by atoms with van der Waals surface area (Å²) in [5, 5.41) is 0. The lowest BCUT2D eigenvalue weighted by molar-refractivity contribution is -0.123. The molecular weight excluding hydrogens is 190 g/mol. The van der Waals surface area contributed by atoms with E-state index in [2.05, 4.69) is 0 Å². The lowest BCUT2D eigenvalue weighted by Gasteiger charge is -2.04. The van der Waals surface area contributed by atoms with E-state index in [-0.39, 0.29) is 5.91 Å². The number of hydrogen-bond donors (Lipinski definition) is 0. The van der Waals surface area contributed by atoms with Gasteiger partial charge in [0.2, 0.25) is 5.91 Å². The van der Waals surface area contributed by atoms with Gasteiger partial charge in [-0.3, -0.25) is 9.59 Å². The molecule has 1 amide bonds. The average molecular weight is 203 g/mol. The first-order chi connectivity index (χ1) is 7.13. The molecule has 0 radical (unpaired) electrons. The van der Waals surface area contributed by atoms with Gasteiger partial charge in [-0.05, 0) is 11.6 Å². The molecule has 0 aliphatic carbocycles. The number of likely N-dealkylation sites (N-methyl/N-ethyl adjacent to an activating group) is 1. The Labute approximate surface area is 89.0 Å². The van der Waals surface area contributed by atoms with Crippen LogP contribution in [0.25, 0.3) is 6.08 Å². The summed E-state index contributed by atoms with van der Waals surface area (Å²) < 4.78 is 0. The number of rotatable bonds is 3. The maximum Gasteiger partial charge on any atom is 0.246 e. The molecule has 0 aliphatic rings. The van der Waals surface area contributed by atoms with Gasteiger partial charge in [0, 0.05) is 25.7 Å². The second-order valence-electron chi connectivity index (χ2n) is 3.35. The Morgan fingerprint density at radius 2 is 1.67 bits per heavy atom. The highest BCUT2D eigenvalue weighted by Crippen LogP contribution is 2.04. The van der Waals surface area contributed by atoms with E-state index >= 15 is 0 Å². The Morgan fingerprint density at radius 3 is 2.13 bits per heavy atom. The first-order valence-corrected chi connectivity index (χ1v) is 4.58. The minimum atomic E-state index is -0.0607. The molecule has 0 N–H and O–H groups in total. The Hall–Kier alpha value is -1.90. The van der Waals surface area contributed by atoms with E-state index in [4.69, 9.17) is 0 Å². The van der Waals surface area contributed by atoms with Gasteiger partial charge in [-0.1, -0.05) is 24.3 Å². The first kappa shape index (κ1) is 11.2. The maximum atomic E-state index is 11.2. The van der Waals surface area contributed by atoms with E-state index in [1.54, 1.807) is 44.4 Å². The number of carbonyl (C=O) groups excluding carboxylic acids is 2. The number of hydrogen-bond acceptors (Lipinski definition) is 2. The molecule has 3 heteroatoms. The topological polar surface area (TPSA) is 37.4 Å². The zero-order chi connectivity index (χ0) is 11.3. The van der Waals surface area contributed by atoms with Crippen molar-refractivity contribution in [3.8, 4) is 0 Å². The third-order valence-electron chi connectivity index (χ3n) is 1.93. The molecule has 1 aromatic carbocycles. The molecule has 1 aromatic rings. The fourth-order valence-electron chi connectivity index (χ4n) is 1.00. The molecule has 0 saturated carbocycles. The van der Waals surface area contributed by atoms with Crippen LogP contribution in [0.4, 0.5) is 0 Å². The first-order valence-electron chi connectivity index (χ1n) is 4.58. The fourth-order valence-corrected chi connectivity index (χ4v) is 1.00. The predicted octanol–water partition coefficient (Wildman–Crippen LogP) is 1.60. The van der Waals surface area contributed by atoms with Gasteiger partial charge in [-0.15, -0.1) is 0 Å². The number of amides is 1. The molecule has 15 heavy (non-hydrogen) atoms. The van der Waals surface area contributed by atoms with Crippen molar-refractivity contribution in [1.82, 2.24) is 4.90 Å². The van der Waals surface area contributed by atoms with Gasteiger partial charge in [0.25, 0.3) is 0 Å². The summed E-state index contributed by atoms with van der Waals surface area (Å²) in [6.07, 6.45) is 4.01. The minimum absolute atomic E-state index is 0.0607. The second-order valence-corrected chi connectivity index (χ2v) is 3.35. The summed E-state index contributed by atoms with van der Waals surface area (Å²) in [5.41, 5.74) is 1.53.